The number of thiazole rings is 1. The molecular formula is C18H19N5O3S. The molecule has 0 fully saturated rings. The number of amides is 1. The second-order valence-corrected chi connectivity index (χ2v) is 6.69. The monoisotopic (exact) mass is 385 g/mol. The lowest BCUT2D eigenvalue weighted by Crippen LogP contribution is -2.16. The number of aliphatic hydroxyl groups is 1. The number of rotatable bonds is 7. The van der Waals surface area contributed by atoms with E-state index in [1.54, 1.807) is 37.6 Å². The smallest absolute Gasteiger partial charge is 0.270 e. The number of ether oxygens (including phenoxy) is 1. The van der Waals surface area contributed by atoms with Crippen LogP contribution in [0.4, 0.5) is 15.8 Å². The molecule has 9 heteroatoms. The number of carbonyl (C=O) groups is 1. The van der Waals surface area contributed by atoms with Crippen molar-refractivity contribution in [1.82, 2.24) is 9.97 Å². The first-order valence-corrected chi connectivity index (χ1v) is 8.87. The maximum Gasteiger partial charge on any atom is 0.270 e. The number of benzene rings is 1. The molecule has 2 aromatic heterocycles. The van der Waals surface area contributed by atoms with E-state index in [0.717, 1.165) is 11.4 Å². The van der Waals surface area contributed by atoms with Crippen molar-refractivity contribution in [3.8, 4) is 5.75 Å². The molecule has 0 aliphatic heterocycles. The topological polar surface area (TPSA) is 122 Å². The lowest BCUT2D eigenvalue weighted by Gasteiger charge is -2.13. The molecule has 140 valence electrons. The average Bonchev–Trinajstić information content (AvgIpc) is 3.06. The van der Waals surface area contributed by atoms with Crippen LogP contribution in [-0.2, 0) is 0 Å². The van der Waals surface area contributed by atoms with Crippen LogP contribution in [0.1, 0.15) is 28.0 Å². The number of carbonyl (C=O) groups excluding carboxylic acids is 1. The SMILES string of the molecule is COc1ccc(C(O)Nc2sc(Nc3ccc(C)nc3)nc2C(N)=O)cc1. The first kappa shape index (κ1) is 18.6. The number of nitrogens with zero attached hydrogens (tertiary/aromatic N) is 2. The van der Waals surface area contributed by atoms with Gasteiger partial charge in [-0.1, -0.05) is 23.5 Å². The maximum absolute atomic E-state index is 11.7. The fraction of sp³-hybridized carbons (Fsp3) is 0.167. The summed E-state index contributed by atoms with van der Waals surface area (Å²) in [4.78, 5) is 20.1. The number of pyridine rings is 1. The van der Waals surface area contributed by atoms with Gasteiger partial charge in [0.15, 0.2) is 17.1 Å². The van der Waals surface area contributed by atoms with Crippen molar-refractivity contribution in [2.75, 3.05) is 17.7 Å². The molecule has 3 aromatic rings. The lowest BCUT2D eigenvalue weighted by molar-refractivity contribution is 0.0997. The standard InChI is InChI=1S/C18H19N5O3S/c1-10-3-6-12(9-20-10)21-18-22-14(15(19)24)17(27-18)23-16(25)11-4-7-13(26-2)8-5-11/h3-9,16,23,25H,1-2H3,(H2,19,24)(H,21,22). The molecule has 1 unspecified atom stereocenters. The highest BCUT2D eigenvalue weighted by Gasteiger charge is 2.19. The van der Waals surface area contributed by atoms with Gasteiger partial charge in [0.1, 0.15) is 10.8 Å². The minimum Gasteiger partial charge on any atom is -0.497 e. The van der Waals surface area contributed by atoms with Gasteiger partial charge in [0.2, 0.25) is 0 Å². The molecule has 0 saturated heterocycles. The summed E-state index contributed by atoms with van der Waals surface area (Å²) in [6.07, 6.45) is 0.628. The molecule has 0 bridgehead atoms. The first-order valence-electron chi connectivity index (χ1n) is 8.05. The second kappa shape index (κ2) is 8.02. The summed E-state index contributed by atoms with van der Waals surface area (Å²) in [7, 11) is 1.57. The minimum atomic E-state index is -1.04. The minimum absolute atomic E-state index is 0.0510. The first-order chi connectivity index (χ1) is 13.0. The maximum atomic E-state index is 11.7. The molecule has 1 atom stereocenters. The van der Waals surface area contributed by atoms with E-state index in [9.17, 15) is 9.90 Å². The predicted octanol–water partition coefficient (Wildman–Crippen LogP) is 2.80. The Morgan fingerprint density at radius 3 is 2.59 bits per heavy atom. The van der Waals surface area contributed by atoms with E-state index in [1.165, 1.54) is 11.3 Å². The number of aromatic nitrogens is 2. The zero-order valence-electron chi connectivity index (χ0n) is 14.8. The van der Waals surface area contributed by atoms with Crippen LogP contribution in [0.3, 0.4) is 0 Å². The quantitative estimate of drug-likeness (QED) is 0.461. The number of nitrogens with two attached hydrogens (primary N) is 1. The summed E-state index contributed by atoms with van der Waals surface area (Å²) in [6, 6.07) is 10.6. The van der Waals surface area contributed by atoms with Crippen LogP contribution in [0.15, 0.2) is 42.6 Å². The Balaban J connectivity index is 1.79. The molecule has 1 amide bonds. The van der Waals surface area contributed by atoms with Crippen molar-refractivity contribution >= 4 is 33.1 Å². The highest BCUT2D eigenvalue weighted by molar-refractivity contribution is 7.19. The molecule has 0 radical (unpaired) electrons. The summed E-state index contributed by atoms with van der Waals surface area (Å²) in [5.41, 5.74) is 7.70. The third-order valence-corrected chi connectivity index (χ3v) is 4.62. The summed E-state index contributed by atoms with van der Waals surface area (Å²) in [5.74, 6) is -0.00878. The third-order valence-electron chi connectivity index (χ3n) is 3.72. The van der Waals surface area contributed by atoms with Gasteiger partial charge < -0.3 is 26.2 Å². The molecule has 0 spiro atoms. The number of anilines is 3. The predicted molar refractivity (Wildman–Crippen MR) is 104 cm³/mol. The van der Waals surface area contributed by atoms with Crippen LogP contribution >= 0.6 is 11.3 Å². The second-order valence-electron chi connectivity index (χ2n) is 5.69. The average molecular weight is 385 g/mol. The van der Waals surface area contributed by atoms with E-state index in [-0.39, 0.29) is 5.69 Å². The molecule has 3 rings (SSSR count). The Labute approximate surface area is 160 Å². The number of aliphatic hydroxyl groups excluding tert-OH is 1. The van der Waals surface area contributed by atoms with Crippen molar-refractivity contribution in [3.05, 3.63) is 59.5 Å². The number of methoxy groups -OCH3 is 1. The molecule has 1 aromatic carbocycles. The van der Waals surface area contributed by atoms with E-state index in [1.807, 2.05) is 19.1 Å². The highest BCUT2D eigenvalue weighted by Crippen LogP contribution is 2.32. The molecular weight excluding hydrogens is 366 g/mol. The number of nitrogens with one attached hydrogen (secondary N) is 2. The van der Waals surface area contributed by atoms with Gasteiger partial charge in [0.05, 0.1) is 19.0 Å². The fourth-order valence-electron chi connectivity index (χ4n) is 2.30. The molecule has 0 saturated carbocycles. The summed E-state index contributed by atoms with van der Waals surface area (Å²) >= 11 is 1.17. The number of aryl methyl sites for hydroxylation is 1. The fourth-order valence-corrected chi connectivity index (χ4v) is 3.21. The van der Waals surface area contributed by atoms with Crippen LogP contribution in [0, 0.1) is 6.92 Å². The number of primary amides is 1. The van der Waals surface area contributed by atoms with Gasteiger partial charge in [-0.15, -0.1) is 0 Å². The van der Waals surface area contributed by atoms with Gasteiger partial charge >= 0.3 is 0 Å². The normalized spacial score (nSPS) is 11.7. The van der Waals surface area contributed by atoms with E-state index in [0.29, 0.717) is 21.4 Å². The summed E-state index contributed by atoms with van der Waals surface area (Å²) < 4.78 is 5.10. The Kier molecular flexibility index (Phi) is 5.53. The molecule has 2 heterocycles. The largest absolute Gasteiger partial charge is 0.497 e. The Hall–Kier alpha value is -3.17. The molecule has 0 aliphatic rings. The van der Waals surface area contributed by atoms with Gasteiger partial charge in [-0.3, -0.25) is 9.78 Å². The van der Waals surface area contributed by atoms with Crippen molar-refractivity contribution in [2.45, 2.75) is 13.2 Å². The Bertz CT molecular complexity index is 925. The zero-order valence-corrected chi connectivity index (χ0v) is 15.6. The van der Waals surface area contributed by atoms with Crippen LogP contribution in [0.2, 0.25) is 0 Å². The lowest BCUT2D eigenvalue weighted by atomic mass is 10.2. The van der Waals surface area contributed by atoms with Crippen LogP contribution in [0.5, 0.6) is 5.75 Å². The van der Waals surface area contributed by atoms with Crippen LogP contribution in [0.25, 0.3) is 0 Å². The molecule has 27 heavy (non-hydrogen) atoms. The van der Waals surface area contributed by atoms with Gasteiger partial charge in [0, 0.05) is 11.3 Å². The van der Waals surface area contributed by atoms with Crippen molar-refractivity contribution < 1.29 is 14.6 Å². The van der Waals surface area contributed by atoms with Gasteiger partial charge in [-0.25, -0.2) is 4.98 Å². The Morgan fingerprint density at radius 2 is 2.00 bits per heavy atom. The van der Waals surface area contributed by atoms with E-state index >= 15 is 0 Å². The summed E-state index contributed by atoms with van der Waals surface area (Å²) in [6.45, 7) is 1.89. The number of hydrogen-bond acceptors (Lipinski definition) is 8. The van der Waals surface area contributed by atoms with E-state index < -0.39 is 12.1 Å². The molecule has 5 N–H and O–H groups in total. The highest BCUT2D eigenvalue weighted by atomic mass is 32.1. The zero-order chi connectivity index (χ0) is 19.4. The van der Waals surface area contributed by atoms with Crippen molar-refractivity contribution in [3.63, 3.8) is 0 Å². The van der Waals surface area contributed by atoms with Crippen molar-refractivity contribution in [1.29, 1.82) is 0 Å². The third kappa shape index (κ3) is 4.52. The van der Waals surface area contributed by atoms with E-state index in [2.05, 4.69) is 20.6 Å². The molecule has 8 nitrogen and oxygen atoms in total. The molecule has 0 aliphatic carbocycles. The number of hydrogen-bond donors (Lipinski definition) is 4. The van der Waals surface area contributed by atoms with E-state index in [4.69, 9.17) is 10.5 Å². The Morgan fingerprint density at radius 1 is 1.26 bits per heavy atom. The summed E-state index contributed by atoms with van der Waals surface area (Å²) in [5, 5.41) is 17.2. The van der Waals surface area contributed by atoms with Crippen LogP contribution in [-0.4, -0.2) is 28.1 Å². The van der Waals surface area contributed by atoms with Crippen LogP contribution < -0.4 is 21.1 Å². The van der Waals surface area contributed by atoms with Crippen molar-refractivity contribution in [2.24, 2.45) is 5.73 Å². The van der Waals surface area contributed by atoms with Gasteiger partial charge in [-0.05, 0) is 31.2 Å². The van der Waals surface area contributed by atoms with Gasteiger partial charge in [0.25, 0.3) is 5.91 Å². The van der Waals surface area contributed by atoms with Gasteiger partial charge in [-0.2, -0.15) is 0 Å².